The number of nitro groups is 1. The Morgan fingerprint density at radius 2 is 2.04 bits per heavy atom. The highest BCUT2D eigenvalue weighted by molar-refractivity contribution is 6.32. The van der Waals surface area contributed by atoms with E-state index in [9.17, 15) is 20.0 Å². The van der Waals surface area contributed by atoms with E-state index in [4.69, 9.17) is 21.1 Å². The number of rotatable bonds is 7. The molecule has 8 nitrogen and oxygen atoms in total. The molecule has 138 valence electrons. The van der Waals surface area contributed by atoms with Gasteiger partial charge in [0.05, 0.1) is 19.1 Å². The van der Waals surface area contributed by atoms with Crippen molar-refractivity contribution in [3.05, 3.63) is 62.7 Å². The lowest BCUT2D eigenvalue weighted by atomic mass is 10.1. The number of methoxy groups -OCH3 is 2. The smallest absolute Gasteiger partial charge is 0.327 e. The molecule has 0 bridgehead atoms. The molecule has 2 N–H and O–H groups in total. The number of ether oxygens (including phenoxy) is 2. The van der Waals surface area contributed by atoms with Crippen molar-refractivity contribution >= 4 is 23.3 Å². The number of hydrogen-bond acceptors (Lipinski definition) is 7. The minimum atomic E-state index is -0.883. The van der Waals surface area contributed by atoms with Crippen LogP contribution in [0.4, 0.5) is 5.69 Å². The van der Waals surface area contributed by atoms with E-state index in [0.717, 1.165) is 0 Å². The lowest BCUT2D eigenvalue weighted by Gasteiger charge is -2.18. The highest BCUT2D eigenvalue weighted by Gasteiger charge is 2.23. The number of nitro benzene ring substituents is 1. The lowest BCUT2D eigenvalue weighted by Crippen LogP contribution is -2.29. The third kappa shape index (κ3) is 4.41. The molecule has 0 aromatic heterocycles. The Labute approximate surface area is 154 Å². The van der Waals surface area contributed by atoms with Crippen molar-refractivity contribution in [1.29, 1.82) is 0 Å². The van der Waals surface area contributed by atoms with Crippen molar-refractivity contribution in [3.63, 3.8) is 0 Å². The van der Waals surface area contributed by atoms with Gasteiger partial charge < -0.3 is 14.6 Å². The van der Waals surface area contributed by atoms with Crippen LogP contribution >= 0.6 is 11.6 Å². The summed E-state index contributed by atoms with van der Waals surface area (Å²) in [6, 6.07) is 8.00. The maximum Gasteiger partial charge on any atom is 0.327 e. The summed E-state index contributed by atoms with van der Waals surface area (Å²) < 4.78 is 9.77. The van der Waals surface area contributed by atoms with Crippen molar-refractivity contribution in [2.45, 2.75) is 12.6 Å². The van der Waals surface area contributed by atoms with E-state index in [0.29, 0.717) is 11.1 Å². The Balaban J connectivity index is 2.24. The topological polar surface area (TPSA) is 111 Å². The maximum absolute atomic E-state index is 12.1. The predicted octanol–water partition coefficient (Wildman–Crippen LogP) is 2.97. The van der Waals surface area contributed by atoms with Crippen molar-refractivity contribution in [2.75, 3.05) is 14.2 Å². The highest BCUT2D eigenvalue weighted by Crippen LogP contribution is 2.30. The number of halogens is 1. The SMILES string of the molecule is COC(=O)[C@@H](NCc1ccc(Cl)c([N+](=O)[O-])c1)c1ccc(OC)c(O)c1. The Morgan fingerprint density at radius 3 is 2.62 bits per heavy atom. The van der Waals surface area contributed by atoms with Crippen LogP contribution in [0.1, 0.15) is 17.2 Å². The maximum atomic E-state index is 12.1. The van der Waals surface area contributed by atoms with Crippen molar-refractivity contribution in [2.24, 2.45) is 0 Å². The zero-order valence-electron chi connectivity index (χ0n) is 14.1. The minimum Gasteiger partial charge on any atom is -0.504 e. The second-order valence-corrected chi connectivity index (χ2v) is 5.72. The number of phenolic OH excluding ortho intramolecular Hbond substituents is 1. The highest BCUT2D eigenvalue weighted by atomic mass is 35.5. The molecule has 0 saturated heterocycles. The van der Waals surface area contributed by atoms with E-state index >= 15 is 0 Å². The second-order valence-electron chi connectivity index (χ2n) is 5.31. The van der Waals surface area contributed by atoms with Crippen LogP contribution in [0.25, 0.3) is 0 Å². The summed E-state index contributed by atoms with van der Waals surface area (Å²) in [5.41, 5.74) is 0.800. The van der Waals surface area contributed by atoms with E-state index < -0.39 is 16.9 Å². The van der Waals surface area contributed by atoms with Crippen molar-refractivity contribution < 1.29 is 24.3 Å². The van der Waals surface area contributed by atoms with Crippen LogP contribution in [0, 0.1) is 10.1 Å². The molecule has 0 radical (unpaired) electrons. The molecule has 0 heterocycles. The summed E-state index contributed by atoms with van der Waals surface area (Å²) in [7, 11) is 2.66. The molecule has 0 aliphatic rings. The third-order valence-corrected chi connectivity index (χ3v) is 4.01. The average molecular weight is 381 g/mol. The van der Waals surface area contributed by atoms with E-state index in [1.165, 1.54) is 38.5 Å². The first-order valence-corrected chi connectivity index (χ1v) is 7.86. The molecule has 26 heavy (non-hydrogen) atoms. The molecule has 2 rings (SSSR count). The normalized spacial score (nSPS) is 11.7. The lowest BCUT2D eigenvalue weighted by molar-refractivity contribution is -0.384. The van der Waals surface area contributed by atoms with Gasteiger partial charge in [-0.2, -0.15) is 0 Å². The van der Waals surface area contributed by atoms with Gasteiger partial charge >= 0.3 is 5.97 Å². The zero-order valence-corrected chi connectivity index (χ0v) is 14.8. The molecule has 0 aliphatic carbocycles. The number of benzene rings is 2. The number of carbonyl (C=O) groups excluding carboxylic acids is 1. The molecule has 0 unspecified atom stereocenters. The Kier molecular flexibility index (Phi) is 6.37. The van der Waals surface area contributed by atoms with Crippen molar-refractivity contribution in [1.82, 2.24) is 5.32 Å². The molecule has 0 aliphatic heterocycles. The molecule has 2 aromatic rings. The number of hydrogen-bond donors (Lipinski definition) is 2. The molecule has 0 amide bonds. The zero-order chi connectivity index (χ0) is 19.3. The number of nitrogens with one attached hydrogen (secondary N) is 1. The number of esters is 1. The Bertz CT molecular complexity index is 827. The van der Waals surface area contributed by atoms with Crippen LogP contribution in [0.3, 0.4) is 0 Å². The number of aromatic hydroxyl groups is 1. The van der Waals surface area contributed by atoms with Crippen LogP contribution in [-0.4, -0.2) is 30.2 Å². The van der Waals surface area contributed by atoms with Gasteiger partial charge in [0.25, 0.3) is 5.69 Å². The van der Waals surface area contributed by atoms with Gasteiger partial charge in [0, 0.05) is 12.6 Å². The first-order valence-electron chi connectivity index (χ1n) is 7.48. The number of carbonyl (C=O) groups is 1. The fraction of sp³-hybridized carbons (Fsp3) is 0.235. The van der Waals surface area contributed by atoms with E-state index in [-0.39, 0.29) is 28.8 Å². The van der Waals surface area contributed by atoms with E-state index in [1.807, 2.05) is 0 Å². The van der Waals surface area contributed by atoms with Crippen LogP contribution < -0.4 is 10.1 Å². The second kappa shape index (κ2) is 8.50. The summed E-state index contributed by atoms with van der Waals surface area (Å²) in [5.74, 6) is -0.424. The quantitative estimate of drug-likeness (QED) is 0.431. The van der Waals surface area contributed by atoms with Gasteiger partial charge in [-0.05, 0) is 29.3 Å². The first-order chi connectivity index (χ1) is 12.4. The van der Waals surface area contributed by atoms with E-state index in [2.05, 4.69) is 5.32 Å². The summed E-state index contributed by atoms with van der Waals surface area (Å²) >= 11 is 5.79. The van der Waals surface area contributed by atoms with Crippen LogP contribution in [-0.2, 0) is 16.1 Å². The van der Waals surface area contributed by atoms with Gasteiger partial charge in [-0.15, -0.1) is 0 Å². The molecule has 2 aromatic carbocycles. The van der Waals surface area contributed by atoms with Crippen molar-refractivity contribution in [3.8, 4) is 11.5 Å². The van der Waals surface area contributed by atoms with Gasteiger partial charge in [0.15, 0.2) is 11.5 Å². The van der Waals surface area contributed by atoms with Crippen LogP contribution in [0.2, 0.25) is 5.02 Å². The standard InChI is InChI=1S/C17H17ClN2O6/c1-25-15-6-4-11(8-14(15)21)16(17(22)26-2)19-9-10-3-5-12(18)13(7-10)20(23)24/h3-8,16,19,21H,9H2,1-2H3/t16-/m0/s1. The summed E-state index contributed by atoms with van der Waals surface area (Å²) in [6.45, 7) is 0.143. The summed E-state index contributed by atoms with van der Waals surface area (Å²) in [6.07, 6.45) is 0. The molecular weight excluding hydrogens is 364 g/mol. The van der Waals surface area contributed by atoms with E-state index in [1.54, 1.807) is 12.1 Å². The number of phenols is 1. The summed E-state index contributed by atoms with van der Waals surface area (Å²) in [5, 5.41) is 23.9. The third-order valence-electron chi connectivity index (χ3n) is 3.69. The minimum absolute atomic E-state index is 0.0309. The molecule has 0 saturated carbocycles. The fourth-order valence-electron chi connectivity index (χ4n) is 2.37. The Morgan fingerprint density at radius 1 is 1.31 bits per heavy atom. The largest absolute Gasteiger partial charge is 0.504 e. The average Bonchev–Trinajstić information content (AvgIpc) is 2.62. The molecule has 1 atom stereocenters. The van der Waals surface area contributed by atoms with Gasteiger partial charge in [0.1, 0.15) is 11.1 Å². The molecule has 0 fully saturated rings. The Hall–Kier alpha value is -2.84. The van der Waals surface area contributed by atoms with Gasteiger partial charge in [-0.25, -0.2) is 4.79 Å². The number of nitrogens with zero attached hydrogens (tertiary/aromatic N) is 1. The van der Waals surface area contributed by atoms with Crippen LogP contribution in [0.15, 0.2) is 36.4 Å². The monoisotopic (exact) mass is 380 g/mol. The molecule has 0 spiro atoms. The summed E-state index contributed by atoms with van der Waals surface area (Å²) in [4.78, 5) is 22.5. The predicted molar refractivity (Wildman–Crippen MR) is 94.4 cm³/mol. The molecular formula is C17H17ClN2O6. The van der Waals surface area contributed by atoms with Crippen LogP contribution in [0.5, 0.6) is 11.5 Å². The molecule has 9 heteroatoms. The first kappa shape index (κ1) is 19.5. The van der Waals surface area contributed by atoms with Gasteiger partial charge in [-0.3, -0.25) is 15.4 Å². The fourth-order valence-corrected chi connectivity index (χ4v) is 2.56. The van der Waals surface area contributed by atoms with Gasteiger partial charge in [-0.1, -0.05) is 23.7 Å². The van der Waals surface area contributed by atoms with Gasteiger partial charge in [0.2, 0.25) is 0 Å².